The summed E-state index contributed by atoms with van der Waals surface area (Å²) in [6, 6.07) is 17.0. The Bertz CT molecular complexity index is 1270. The van der Waals surface area contributed by atoms with Crippen molar-refractivity contribution >= 4 is 39.1 Å². The van der Waals surface area contributed by atoms with Crippen molar-refractivity contribution in [3.8, 4) is 11.3 Å². The average molecular weight is 474 g/mol. The van der Waals surface area contributed by atoms with Crippen LogP contribution in [0.15, 0.2) is 65.2 Å². The number of furan rings is 1. The van der Waals surface area contributed by atoms with Crippen LogP contribution < -0.4 is 5.32 Å². The van der Waals surface area contributed by atoms with Crippen LogP contribution in [0.4, 0.5) is 5.69 Å². The second-order valence-electron chi connectivity index (χ2n) is 8.59. The standard InChI is InChI=1S/C27H27N3O3S/c1-2-30(21-8-4-3-5-9-21)27(32)23-15-14-22(33-23)18-10-12-20(13-11-18)29-25(31)24-17-19-7-6-16-28-26(19)34-24/h6-7,10-17,21H,2-5,8-9H2,1H3,(H,29,31). The summed E-state index contributed by atoms with van der Waals surface area (Å²) in [5.41, 5.74) is 1.54. The molecule has 34 heavy (non-hydrogen) atoms. The molecule has 1 N–H and O–H groups in total. The van der Waals surface area contributed by atoms with Gasteiger partial charge in [0.05, 0.1) is 4.88 Å². The number of nitrogens with zero attached hydrogens (tertiary/aromatic N) is 2. The quantitative estimate of drug-likeness (QED) is 0.342. The summed E-state index contributed by atoms with van der Waals surface area (Å²) >= 11 is 1.37. The lowest BCUT2D eigenvalue weighted by Gasteiger charge is -2.33. The molecule has 1 aliphatic carbocycles. The maximum atomic E-state index is 13.1. The summed E-state index contributed by atoms with van der Waals surface area (Å²) in [5.74, 6) is 0.807. The second-order valence-corrected chi connectivity index (χ2v) is 9.62. The van der Waals surface area contributed by atoms with Crippen molar-refractivity contribution in [2.24, 2.45) is 0 Å². The number of thiophene rings is 1. The topological polar surface area (TPSA) is 75.4 Å². The number of benzene rings is 1. The van der Waals surface area contributed by atoms with Crippen LogP contribution in [0.25, 0.3) is 21.5 Å². The normalized spacial score (nSPS) is 14.3. The molecular formula is C27H27N3O3S. The van der Waals surface area contributed by atoms with Gasteiger partial charge in [-0.2, -0.15) is 0 Å². The molecule has 0 saturated heterocycles. The molecular weight excluding hydrogens is 446 g/mol. The highest BCUT2D eigenvalue weighted by Gasteiger charge is 2.27. The Kier molecular flexibility index (Phi) is 6.45. The zero-order valence-electron chi connectivity index (χ0n) is 19.1. The molecule has 0 bridgehead atoms. The summed E-state index contributed by atoms with van der Waals surface area (Å²) in [7, 11) is 0. The fraction of sp³-hybridized carbons (Fsp3) is 0.296. The first-order valence-corrected chi connectivity index (χ1v) is 12.6. The van der Waals surface area contributed by atoms with E-state index in [4.69, 9.17) is 4.42 Å². The Morgan fingerprint density at radius 3 is 2.62 bits per heavy atom. The monoisotopic (exact) mass is 473 g/mol. The number of nitrogens with one attached hydrogen (secondary N) is 1. The van der Waals surface area contributed by atoms with Gasteiger partial charge >= 0.3 is 0 Å². The second kappa shape index (κ2) is 9.81. The van der Waals surface area contributed by atoms with E-state index >= 15 is 0 Å². The van der Waals surface area contributed by atoms with E-state index < -0.39 is 0 Å². The highest BCUT2D eigenvalue weighted by molar-refractivity contribution is 7.20. The lowest BCUT2D eigenvalue weighted by atomic mass is 9.94. The molecule has 3 heterocycles. The van der Waals surface area contributed by atoms with Gasteiger partial charge in [0.1, 0.15) is 10.6 Å². The van der Waals surface area contributed by atoms with Crippen LogP contribution in [0, 0.1) is 0 Å². The minimum atomic E-state index is -0.163. The maximum Gasteiger partial charge on any atom is 0.289 e. The van der Waals surface area contributed by atoms with E-state index in [1.807, 2.05) is 60.4 Å². The summed E-state index contributed by atoms with van der Waals surface area (Å²) in [4.78, 5) is 33.4. The Morgan fingerprint density at radius 2 is 1.88 bits per heavy atom. The van der Waals surface area contributed by atoms with Gasteiger partial charge in [-0.1, -0.05) is 25.3 Å². The number of fused-ring (bicyclic) bond motifs is 1. The van der Waals surface area contributed by atoms with E-state index in [9.17, 15) is 9.59 Å². The van der Waals surface area contributed by atoms with Crippen molar-refractivity contribution in [3.63, 3.8) is 0 Å². The van der Waals surface area contributed by atoms with Crippen molar-refractivity contribution in [2.45, 2.75) is 45.1 Å². The number of amides is 2. The number of anilines is 1. The molecule has 5 rings (SSSR count). The Labute approximate surface area is 202 Å². The van der Waals surface area contributed by atoms with Gasteiger partial charge in [-0.15, -0.1) is 11.3 Å². The number of pyridine rings is 1. The SMILES string of the molecule is CCN(C(=O)c1ccc(-c2ccc(NC(=O)c3cc4cccnc4s3)cc2)o1)C1CCCCC1. The highest BCUT2D eigenvalue weighted by atomic mass is 32.1. The molecule has 3 aromatic heterocycles. The molecule has 6 nitrogen and oxygen atoms in total. The van der Waals surface area contributed by atoms with Gasteiger partial charge in [0.25, 0.3) is 11.8 Å². The number of hydrogen-bond donors (Lipinski definition) is 1. The number of carbonyl (C=O) groups excluding carboxylic acids is 2. The van der Waals surface area contributed by atoms with Crippen molar-refractivity contribution < 1.29 is 14.0 Å². The van der Waals surface area contributed by atoms with E-state index in [-0.39, 0.29) is 11.8 Å². The average Bonchev–Trinajstić information content (AvgIpc) is 3.53. The van der Waals surface area contributed by atoms with E-state index in [1.54, 1.807) is 12.3 Å². The van der Waals surface area contributed by atoms with Gasteiger partial charge in [0, 0.05) is 35.4 Å². The molecule has 1 aromatic carbocycles. The molecule has 0 atom stereocenters. The number of aromatic nitrogens is 1. The van der Waals surface area contributed by atoms with E-state index in [2.05, 4.69) is 10.3 Å². The van der Waals surface area contributed by atoms with Crippen molar-refractivity contribution in [1.29, 1.82) is 0 Å². The highest BCUT2D eigenvalue weighted by Crippen LogP contribution is 2.28. The Morgan fingerprint density at radius 1 is 1.09 bits per heavy atom. The minimum Gasteiger partial charge on any atom is -0.451 e. The fourth-order valence-electron chi connectivity index (χ4n) is 4.61. The molecule has 1 saturated carbocycles. The largest absolute Gasteiger partial charge is 0.451 e. The van der Waals surface area contributed by atoms with Crippen molar-refractivity contribution in [1.82, 2.24) is 9.88 Å². The summed E-state index contributed by atoms with van der Waals surface area (Å²) < 4.78 is 5.95. The lowest BCUT2D eigenvalue weighted by molar-refractivity contribution is 0.0616. The molecule has 2 amide bonds. The van der Waals surface area contributed by atoms with Crippen LogP contribution in [0.5, 0.6) is 0 Å². The summed E-state index contributed by atoms with van der Waals surface area (Å²) in [5, 5.41) is 3.89. The van der Waals surface area contributed by atoms with Crippen molar-refractivity contribution in [2.75, 3.05) is 11.9 Å². The van der Waals surface area contributed by atoms with Crippen LogP contribution in [-0.4, -0.2) is 34.3 Å². The van der Waals surface area contributed by atoms with E-state index in [0.29, 0.717) is 34.7 Å². The number of rotatable bonds is 6. The van der Waals surface area contributed by atoms with Gasteiger partial charge in [-0.3, -0.25) is 9.59 Å². The zero-order chi connectivity index (χ0) is 23.5. The first kappa shape index (κ1) is 22.3. The van der Waals surface area contributed by atoms with E-state index in [1.165, 1.54) is 30.6 Å². The number of hydrogen-bond acceptors (Lipinski definition) is 5. The van der Waals surface area contributed by atoms with Crippen LogP contribution in [-0.2, 0) is 0 Å². The lowest BCUT2D eigenvalue weighted by Crippen LogP contribution is -2.41. The van der Waals surface area contributed by atoms with Gasteiger partial charge in [0.2, 0.25) is 0 Å². The predicted octanol–water partition coefficient (Wildman–Crippen LogP) is 6.60. The molecule has 0 spiro atoms. The maximum absolute atomic E-state index is 13.1. The first-order valence-electron chi connectivity index (χ1n) is 11.8. The van der Waals surface area contributed by atoms with Gasteiger partial charge in [-0.25, -0.2) is 4.98 Å². The first-order chi connectivity index (χ1) is 16.6. The molecule has 7 heteroatoms. The summed E-state index contributed by atoms with van der Waals surface area (Å²) in [6.45, 7) is 2.71. The molecule has 0 unspecified atom stereocenters. The zero-order valence-corrected chi connectivity index (χ0v) is 19.9. The van der Waals surface area contributed by atoms with Crippen LogP contribution in [0.2, 0.25) is 0 Å². The molecule has 1 aliphatic rings. The minimum absolute atomic E-state index is 0.0395. The van der Waals surface area contributed by atoms with Crippen LogP contribution in [0.1, 0.15) is 59.3 Å². The van der Waals surface area contributed by atoms with Crippen molar-refractivity contribution in [3.05, 3.63) is 71.4 Å². The number of carbonyl (C=O) groups is 2. The van der Waals surface area contributed by atoms with Crippen LogP contribution in [0.3, 0.4) is 0 Å². The smallest absolute Gasteiger partial charge is 0.289 e. The third kappa shape index (κ3) is 4.61. The summed E-state index contributed by atoms with van der Waals surface area (Å²) in [6.07, 6.45) is 7.48. The third-order valence-corrected chi connectivity index (χ3v) is 7.44. The van der Waals surface area contributed by atoms with Gasteiger partial charge < -0.3 is 14.6 Å². The van der Waals surface area contributed by atoms with Gasteiger partial charge in [-0.05, 0) is 68.3 Å². The molecule has 0 aliphatic heterocycles. The molecule has 4 aromatic rings. The van der Waals surface area contributed by atoms with Gasteiger partial charge in [0.15, 0.2) is 5.76 Å². The Hall–Kier alpha value is -3.45. The Balaban J connectivity index is 1.26. The molecule has 1 fully saturated rings. The predicted molar refractivity (Wildman–Crippen MR) is 135 cm³/mol. The molecule has 0 radical (unpaired) electrons. The third-order valence-electron chi connectivity index (χ3n) is 6.38. The van der Waals surface area contributed by atoms with E-state index in [0.717, 1.165) is 28.6 Å². The fourth-order valence-corrected chi connectivity index (χ4v) is 5.50. The molecule has 174 valence electrons. The van der Waals surface area contributed by atoms with Crippen LogP contribution >= 0.6 is 11.3 Å².